The molecule has 4 heteroatoms. The molecular formula is C14H19BrN2S. The van der Waals surface area contributed by atoms with Crippen molar-refractivity contribution in [3.05, 3.63) is 28.2 Å². The lowest BCUT2D eigenvalue weighted by molar-refractivity contribution is 0.415. The van der Waals surface area contributed by atoms with Crippen molar-refractivity contribution in [3.63, 3.8) is 0 Å². The van der Waals surface area contributed by atoms with Crippen molar-refractivity contribution in [2.75, 3.05) is 5.32 Å². The van der Waals surface area contributed by atoms with E-state index in [9.17, 15) is 0 Å². The van der Waals surface area contributed by atoms with Crippen LogP contribution in [0.2, 0.25) is 0 Å². The number of halogens is 1. The lowest BCUT2D eigenvalue weighted by Gasteiger charge is -2.24. The summed E-state index contributed by atoms with van der Waals surface area (Å²) in [6, 6.07) is 6.72. The molecule has 1 saturated carbocycles. The first-order chi connectivity index (χ1) is 8.65. The van der Waals surface area contributed by atoms with Crippen molar-refractivity contribution in [1.82, 2.24) is 5.32 Å². The van der Waals surface area contributed by atoms with Crippen molar-refractivity contribution < 1.29 is 0 Å². The Hall–Kier alpha value is -0.610. The number of thiocarbonyl (C=S) groups is 1. The Bertz CT molecular complexity index is 428. The predicted octanol–water partition coefficient (Wildman–Crippen LogP) is 4.38. The third kappa shape index (κ3) is 3.95. The summed E-state index contributed by atoms with van der Waals surface area (Å²) in [6.07, 6.45) is 6.47. The summed E-state index contributed by atoms with van der Waals surface area (Å²) in [7, 11) is 0. The first kappa shape index (κ1) is 13.8. The second kappa shape index (κ2) is 6.53. The van der Waals surface area contributed by atoms with Crippen LogP contribution in [0.25, 0.3) is 0 Å². The number of anilines is 1. The van der Waals surface area contributed by atoms with E-state index in [-0.39, 0.29) is 0 Å². The molecule has 2 N–H and O–H groups in total. The number of hydrogen-bond acceptors (Lipinski definition) is 1. The van der Waals surface area contributed by atoms with Crippen molar-refractivity contribution in [2.45, 2.75) is 45.1 Å². The monoisotopic (exact) mass is 326 g/mol. The predicted molar refractivity (Wildman–Crippen MR) is 85.1 cm³/mol. The van der Waals surface area contributed by atoms with Crippen LogP contribution >= 0.6 is 28.1 Å². The molecule has 0 aliphatic heterocycles. The van der Waals surface area contributed by atoms with E-state index in [4.69, 9.17) is 12.2 Å². The van der Waals surface area contributed by atoms with Gasteiger partial charge in [0.05, 0.1) is 0 Å². The standard InChI is InChI=1S/C14H19BrN2S/c1-10-9-11(15)7-8-13(10)17-14(18)16-12-5-3-2-4-6-12/h7-9,12H,2-6H2,1H3,(H2,16,17,18). The van der Waals surface area contributed by atoms with Crippen molar-refractivity contribution >= 4 is 38.9 Å². The lowest BCUT2D eigenvalue weighted by Crippen LogP contribution is -2.38. The summed E-state index contributed by atoms with van der Waals surface area (Å²) in [5, 5.41) is 7.44. The van der Waals surface area contributed by atoms with Gasteiger partial charge in [0.25, 0.3) is 0 Å². The van der Waals surface area contributed by atoms with E-state index in [2.05, 4.69) is 39.6 Å². The lowest BCUT2D eigenvalue weighted by atomic mass is 9.96. The van der Waals surface area contributed by atoms with Crippen molar-refractivity contribution in [2.24, 2.45) is 0 Å². The molecule has 0 radical (unpaired) electrons. The second-order valence-electron chi connectivity index (χ2n) is 4.89. The minimum Gasteiger partial charge on any atom is -0.360 e. The molecular weight excluding hydrogens is 308 g/mol. The Labute approximate surface area is 123 Å². The molecule has 2 rings (SSSR count). The van der Waals surface area contributed by atoms with E-state index in [1.165, 1.54) is 37.7 Å². The SMILES string of the molecule is Cc1cc(Br)ccc1NC(=S)NC1CCCCC1. The fraction of sp³-hybridized carbons (Fsp3) is 0.500. The summed E-state index contributed by atoms with van der Waals surface area (Å²) in [4.78, 5) is 0. The van der Waals surface area contributed by atoms with Crippen molar-refractivity contribution in [3.8, 4) is 0 Å². The first-order valence-corrected chi connectivity index (χ1v) is 7.69. The number of nitrogens with one attached hydrogen (secondary N) is 2. The molecule has 0 spiro atoms. The van der Waals surface area contributed by atoms with Gasteiger partial charge < -0.3 is 10.6 Å². The first-order valence-electron chi connectivity index (χ1n) is 6.49. The van der Waals surface area contributed by atoms with Gasteiger partial charge in [-0.05, 0) is 55.7 Å². The highest BCUT2D eigenvalue weighted by Gasteiger charge is 2.14. The maximum absolute atomic E-state index is 5.38. The molecule has 0 amide bonds. The topological polar surface area (TPSA) is 24.1 Å². The summed E-state index contributed by atoms with van der Waals surface area (Å²) in [6.45, 7) is 2.08. The van der Waals surface area contributed by atoms with Crippen LogP contribution in [-0.4, -0.2) is 11.2 Å². The highest BCUT2D eigenvalue weighted by atomic mass is 79.9. The summed E-state index contributed by atoms with van der Waals surface area (Å²) in [5.41, 5.74) is 2.27. The van der Waals surface area contributed by atoms with Crippen LogP contribution in [0.5, 0.6) is 0 Å². The smallest absolute Gasteiger partial charge is 0.171 e. The summed E-state index contributed by atoms with van der Waals surface area (Å²) < 4.78 is 1.09. The zero-order valence-corrected chi connectivity index (χ0v) is 13.0. The molecule has 0 aromatic heterocycles. The molecule has 0 saturated heterocycles. The maximum atomic E-state index is 5.38. The second-order valence-corrected chi connectivity index (χ2v) is 6.22. The highest BCUT2D eigenvalue weighted by Crippen LogP contribution is 2.21. The molecule has 2 nitrogen and oxygen atoms in total. The molecule has 18 heavy (non-hydrogen) atoms. The minimum absolute atomic E-state index is 0.550. The minimum atomic E-state index is 0.550. The zero-order valence-electron chi connectivity index (χ0n) is 10.6. The third-order valence-electron chi connectivity index (χ3n) is 3.38. The van der Waals surface area contributed by atoms with E-state index in [0.29, 0.717) is 6.04 Å². The van der Waals surface area contributed by atoms with Gasteiger partial charge in [0, 0.05) is 16.2 Å². The van der Waals surface area contributed by atoms with Gasteiger partial charge in [-0.2, -0.15) is 0 Å². The molecule has 1 aliphatic rings. The Balaban J connectivity index is 1.90. The highest BCUT2D eigenvalue weighted by molar-refractivity contribution is 9.10. The number of benzene rings is 1. The molecule has 1 aromatic carbocycles. The van der Waals surface area contributed by atoms with Crippen LogP contribution in [0.4, 0.5) is 5.69 Å². The Morgan fingerprint density at radius 3 is 2.67 bits per heavy atom. The van der Waals surface area contributed by atoms with Gasteiger partial charge in [-0.1, -0.05) is 35.2 Å². The van der Waals surface area contributed by atoms with Gasteiger partial charge in [0.15, 0.2) is 5.11 Å². The van der Waals surface area contributed by atoms with Crippen LogP contribution < -0.4 is 10.6 Å². The van der Waals surface area contributed by atoms with Gasteiger partial charge in [-0.15, -0.1) is 0 Å². The molecule has 0 bridgehead atoms. The van der Waals surface area contributed by atoms with E-state index in [0.717, 1.165) is 15.3 Å². The quantitative estimate of drug-likeness (QED) is 0.789. The average molecular weight is 327 g/mol. The fourth-order valence-electron chi connectivity index (χ4n) is 2.36. The Kier molecular flexibility index (Phi) is 5.01. The van der Waals surface area contributed by atoms with Gasteiger partial charge in [-0.25, -0.2) is 0 Å². The van der Waals surface area contributed by atoms with Gasteiger partial charge in [0.1, 0.15) is 0 Å². The fourth-order valence-corrected chi connectivity index (χ4v) is 3.11. The van der Waals surface area contributed by atoms with Crippen LogP contribution in [0.3, 0.4) is 0 Å². The summed E-state index contributed by atoms with van der Waals surface area (Å²) in [5.74, 6) is 0. The third-order valence-corrected chi connectivity index (χ3v) is 4.09. The molecule has 0 atom stereocenters. The van der Waals surface area contributed by atoms with E-state index in [1.807, 2.05) is 12.1 Å². The van der Waals surface area contributed by atoms with Gasteiger partial charge >= 0.3 is 0 Å². The van der Waals surface area contributed by atoms with Crippen LogP contribution in [0.1, 0.15) is 37.7 Å². The number of hydrogen-bond donors (Lipinski definition) is 2. The van der Waals surface area contributed by atoms with Gasteiger partial charge in [-0.3, -0.25) is 0 Å². The number of rotatable bonds is 2. The van der Waals surface area contributed by atoms with E-state index in [1.54, 1.807) is 0 Å². The maximum Gasteiger partial charge on any atom is 0.171 e. The van der Waals surface area contributed by atoms with Crippen LogP contribution in [0, 0.1) is 6.92 Å². The number of aryl methyl sites for hydroxylation is 1. The molecule has 0 heterocycles. The zero-order chi connectivity index (χ0) is 13.0. The molecule has 1 aliphatic carbocycles. The molecule has 1 fully saturated rings. The van der Waals surface area contributed by atoms with E-state index < -0.39 is 0 Å². The normalized spacial score (nSPS) is 16.3. The summed E-state index contributed by atoms with van der Waals surface area (Å²) >= 11 is 8.84. The van der Waals surface area contributed by atoms with Crippen LogP contribution in [-0.2, 0) is 0 Å². The Morgan fingerprint density at radius 1 is 1.28 bits per heavy atom. The molecule has 0 unspecified atom stereocenters. The van der Waals surface area contributed by atoms with Crippen molar-refractivity contribution in [1.29, 1.82) is 0 Å². The average Bonchev–Trinajstić information content (AvgIpc) is 2.34. The van der Waals surface area contributed by atoms with Gasteiger partial charge in [0.2, 0.25) is 0 Å². The molecule has 98 valence electrons. The van der Waals surface area contributed by atoms with E-state index >= 15 is 0 Å². The largest absolute Gasteiger partial charge is 0.360 e. The Morgan fingerprint density at radius 2 is 2.00 bits per heavy atom. The van der Waals surface area contributed by atoms with Crippen LogP contribution in [0.15, 0.2) is 22.7 Å². The molecule has 1 aromatic rings.